The highest BCUT2D eigenvalue weighted by Gasteiger charge is 2.40. The van der Waals surface area contributed by atoms with Crippen molar-refractivity contribution in [2.45, 2.75) is 155 Å². The van der Waals surface area contributed by atoms with E-state index in [0.717, 1.165) is 46.5 Å². The van der Waals surface area contributed by atoms with Gasteiger partial charge in [-0.3, -0.25) is 9.59 Å². The molecule has 300 valence electrons. The average Bonchev–Trinajstić information content (AvgIpc) is 3.99. The second kappa shape index (κ2) is 21.3. The summed E-state index contributed by atoms with van der Waals surface area (Å²) in [6.45, 7) is 4.56. The van der Waals surface area contributed by atoms with Crippen LogP contribution in [0.2, 0.25) is 0 Å². The number of aryl methyl sites for hydroxylation is 2. The summed E-state index contributed by atoms with van der Waals surface area (Å²) in [6, 6.07) is 21.6. The van der Waals surface area contributed by atoms with Gasteiger partial charge in [-0.2, -0.15) is 0 Å². The molecule has 6 heteroatoms. The van der Waals surface area contributed by atoms with Crippen LogP contribution in [0, 0.1) is 0 Å². The van der Waals surface area contributed by atoms with Crippen molar-refractivity contribution in [1.29, 1.82) is 0 Å². The fraction of sp³-hybridized carbons (Fsp3) is 0.520. The highest BCUT2D eigenvalue weighted by molar-refractivity contribution is 7.15. The van der Waals surface area contributed by atoms with E-state index >= 15 is 0 Å². The minimum absolute atomic E-state index is 0.117. The van der Waals surface area contributed by atoms with E-state index in [1.807, 2.05) is 36.8 Å². The number of amides is 2. The zero-order valence-corrected chi connectivity index (χ0v) is 36.5. The van der Waals surface area contributed by atoms with Crippen molar-refractivity contribution in [1.82, 2.24) is 0 Å². The van der Waals surface area contributed by atoms with E-state index in [9.17, 15) is 9.59 Å². The Labute approximate surface area is 346 Å². The summed E-state index contributed by atoms with van der Waals surface area (Å²) in [5.74, 6) is -0.234. The third kappa shape index (κ3) is 10.5. The van der Waals surface area contributed by atoms with Crippen molar-refractivity contribution in [3.05, 3.63) is 81.5 Å². The third-order valence-corrected chi connectivity index (χ3v) is 14.4. The zero-order valence-electron chi connectivity index (χ0n) is 34.9. The lowest BCUT2D eigenvalue weighted by atomic mass is 9.95. The normalized spacial score (nSPS) is 15.1. The molecule has 2 aliphatic rings. The average molecular weight is 791 g/mol. The molecular weight excluding hydrogens is 725 g/mol. The van der Waals surface area contributed by atoms with Gasteiger partial charge in [0.2, 0.25) is 0 Å². The number of hydrogen-bond donors (Lipinski definition) is 0. The monoisotopic (exact) mass is 790 g/mol. The van der Waals surface area contributed by atoms with Crippen molar-refractivity contribution in [3.8, 4) is 20.9 Å². The minimum Gasteiger partial charge on any atom is -0.311 e. The maximum absolute atomic E-state index is 13.9. The van der Waals surface area contributed by atoms with E-state index in [1.165, 1.54) is 148 Å². The van der Waals surface area contributed by atoms with E-state index < -0.39 is 0 Å². The fourth-order valence-corrected chi connectivity index (χ4v) is 10.6. The van der Waals surface area contributed by atoms with Crippen LogP contribution in [-0.4, -0.2) is 25.9 Å². The van der Waals surface area contributed by atoms with Crippen LogP contribution in [0.25, 0.3) is 32.0 Å². The number of benzene rings is 2. The van der Waals surface area contributed by atoms with Gasteiger partial charge < -0.3 is 9.80 Å². The maximum Gasteiger partial charge on any atom is 0.259 e. The Hall–Kier alpha value is -3.48. The van der Waals surface area contributed by atoms with E-state index in [4.69, 9.17) is 0 Å². The molecule has 4 heterocycles. The number of nitrogens with zero attached hydrogens (tertiary/aromatic N) is 2. The number of rotatable bonds is 24. The molecular formula is C50H66N2O2S2. The van der Waals surface area contributed by atoms with Gasteiger partial charge in [-0.25, -0.2) is 0 Å². The first-order chi connectivity index (χ1) is 27.4. The number of thiophene rings is 2. The topological polar surface area (TPSA) is 40.6 Å². The summed E-state index contributed by atoms with van der Waals surface area (Å²) in [7, 11) is 3.67. The fourth-order valence-electron chi connectivity index (χ4n) is 8.52. The van der Waals surface area contributed by atoms with E-state index in [0.29, 0.717) is 11.1 Å². The molecule has 0 atom stereocenters. The largest absolute Gasteiger partial charge is 0.311 e. The van der Waals surface area contributed by atoms with Crippen LogP contribution < -0.4 is 9.80 Å². The molecule has 56 heavy (non-hydrogen) atoms. The summed E-state index contributed by atoms with van der Waals surface area (Å²) in [5, 5.41) is 0. The molecule has 2 aliphatic heterocycles. The van der Waals surface area contributed by atoms with Crippen LogP contribution in [0.4, 0.5) is 11.4 Å². The first-order valence-corrected chi connectivity index (χ1v) is 23.8. The Morgan fingerprint density at radius 1 is 0.429 bits per heavy atom. The van der Waals surface area contributed by atoms with Crippen LogP contribution >= 0.6 is 22.7 Å². The van der Waals surface area contributed by atoms with Gasteiger partial charge in [-0.1, -0.05) is 154 Å². The standard InChI is InChI=1S/C50H66N2O2S2/c1-5-7-9-11-13-15-17-19-21-23-25-39-29-33-45(55-39)37-27-31-41-43(35-37)51(3)49(53)47(41)48-42-32-28-38(36-44(42)52(4)50(48)54)46-34-30-40(56-46)26-24-22-20-18-16-14-12-10-8-6-2/h27-36H,5-26H2,1-4H3. The summed E-state index contributed by atoms with van der Waals surface area (Å²) < 4.78 is 0. The van der Waals surface area contributed by atoms with Crippen LogP contribution in [0.15, 0.2) is 60.7 Å². The molecule has 4 nitrogen and oxygen atoms in total. The number of fused-ring (bicyclic) bond motifs is 2. The molecule has 0 bridgehead atoms. The molecule has 2 aromatic carbocycles. The Kier molecular flexibility index (Phi) is 16.0. The highest BCUT2D eigenvalue weighted by Crippen LogP contribution is 2.48. The molecule has 0 radical (unpaired) electrons. The smallest absolute Gasteiger partial charge is 0.259 e. The highest BCUT2D eigenvalue weighted by atomic mass is 32.1. The van der Waals surface area contributed by atoms with Crippen molar-refractivity contribution < 1.29 is 9.59 Å². The van der Waals surface area contributed by atoms with Crippen LogP contribution in [0.5, 0.6) is 0 Å². The second-order valence-corrected chi connectivity index (χ2v) is 18.7. The first kappa shape index (κ1) is 42.1. The molecule has 6 rings (SSSR count). The summed E-state index contributed by atoms with van der Waals surface area (Å²) in [6.07, 6.45) is 29.3. The number of hydrogen-bond acceptors (Lipinski definition) is 4. The second-order valence-electron chi connectivity index (χ2n) is 16.3. The molecule has 0 unspecified atom stereocenters. The van der Waals surface area contributed by atoms with Gasteiger partial charge in [0.05, 0.1) is 22.5 Å². The maximum atomic E-state index is 13.9. The number of carbonyl (C=O) groups excluding carboxylic acids is 2. The third-order valence-electron chi connectivity index (χ3n) is 12.0. The quantitative estimate of drug-likeness (QED) is 0.0524. The molecule has 2 aromatic heterocycles. The van der Waals surface area contributed by atoms with Crippen molar-refractivity contribution in [2.24, 2.45) is 0 Å². The molecule has 0 fully saturated rings. The lowest BCUT2D eigenvalue weighted by molar-refractivity contribution is -0.114. The summed E-state index contributed by atoms with van der Waals surface area (Å²) in [5.41, 5.74) is 6.69. The number of likely N-dealkylation sites (N-methyl/N-ethyl adjacent to an activating group) is 2. The van der Waals surface area contributed by atoms with E-state index in [1.54, 1.807) is 9.80 Å². The predicted molar refractivity (Wildman–Crippen MR) is 244 cm³/mol. The van der Waals surface area contributed by atoms with Gasteiger partial charge in [-0.05, 0) is 73.2 Å². The Morgan fingerprint density at radius 2 is 0.768 bits per heavy atom. The molecule has 4 aromatic rings. The predicted octanol–water partition coefficient (Wildman–Crippen LogP) is 14.9. The van der Waals surface area contributed by atoms with Gasteiger partial charge in [0, 0.05) is 44.7 Å². The van der Waals surface area contributed by atoms with Crippen molar-refractivity contribution in [2.75, 3.05) is 23.9 Å². The molecule has 0 saturated carbocycles. The summed E-state index contributed by atoms with van der Waals surface area (Å²) >= 11 is 3.73. The van der Waals surface area contributed by atoms with Crippen LogP contribution in [0.1, 0.15) is 163 Å². The lowest BCUT2D eigenvalue weighted by Gasteiger charge is -2.10. The SMILES string of the molecule is CCCCCCCCCCCCc1ccc(-c2ccc3c(c2)N(C)C(=O)C3=C2C(=O)N(C)c3cc(-c4ccc(CCCCCCCCCCCC)s4)ccc32)s1. The van der Waals surface area contributed by atoms with Crippen LogP contribution in [-0.2, 0) is 22.4 Å². The van der Waals surface area contributed by atoms with Crippen molar-refractivity contribution >= 4 is 57.0 Å². The number of anilines is 2. The number of carbonyl (C=O) groups is 2. The Bertz CT molecular complexity index is 1790. The van der Waals surface area contributed by atoms with Gasteiger partial charge in [0.15, 0.2) is 0 Å². The Balaban J connectivity index is 1.06. The van der Waals surface area contributed by atoms with Gasteiger partial charge in [0.25, 0.3) is 11.8 Å². The van der Waals surface area contributed by atoms with Crippen molar-refractivity contribution in [3.63, 3.8) is 0 Å². The first-order valence-electron chi connectivity index (χ1n) is 22.2. The summed E-state index contributed by atoms with van der Waals surface area (Å²) in [4.78, 5) is 36.6. The zero-order chi connectivity index (χ0) is 39.3. The molecule has 0 aliphatic carbocycles. The van der Waals surface area contributed by atoms with E-state index in [2.05, 4.69) is 74.5 Å². The molecule has 0 saturated heterocycles. The number of unbranched alkanes of at least 4 members (excludes halogenated alkanes) is 18. The van der Waals surface area contributed by atoms with E-state index in [-0.39, 0.29) is 11.8 Å². The molecule has 2 amide bonds. The molecule has 0 spiro atoms. The van der Waals surface area contributed by atoms with Gasteiger partial charge >= 0.3 is 0 Å². The lowest BCUT2D eigenvalue weighted by Crippen LogP contribution is -2.24. The minimum atomic E-state index is -0.117. The van der Waals surface area contributed by atoms with Gasteiger partial charge in [-0.15, -0.1) is 22.7 Å². The Morgan fingerprint density at radius 3 is 1.12 bits per heavy atom. The van der Waals surface area contributed by atoms with Crippen LogP contribution in [0.3, 0.4) is 0 Å². The molecule has 0 N–H and O–H groups in total. The van der Waals surface area contributed by atoms with Gasteiger partial charge in [0.1, 0.15) is 0 Å².